The number of hydrogen-bond donors (Lipinski definition) is 1. The van der Waals surface area contributed by atoms with E-state index >= 15 is 0 Å². The minimum Gasteiger partial charge on any atom is -0.351 e. The fourth-order valence-electron chi connectivity index (χ4n) is 3.75. The monoisotopic (exact) mass is 347 g/mol. The summed E-state index contributed by atoms with van der Waals surface area (Å²) in [6.07, 6.45) is 4.03. The number of nitrogens with one attached hydrogen (secondary N) is 1. The molecule has 0 spiro atoms. The van der Waals surface area contributed by atoms with E-state index in [1.54, 1.807) is 0 Å². The summed E-state index contributed by atoms with van der Waals surface area (Å²) in [5.74, 6) is 0.0367. The number of piperidine rings is 1. The fraction of sp³-hybridized carbons (Fsp3) is 0.318. The Balaban J connectivity index is 1.33. The summed E-state index contributed by atoms with van der Waals surface area (Å²) in [6.45, 7) is 3.04. The number of likely N-dealkylation sites (tertiary alicyclic amines) is 1. The second kappa shape index (κ2) is 7.34. The molecule has 2 heterocycles. The van der Waals surface area contributed by atoms with E-state index in [9.17, 15) is 4.79 Å². The summed E-state index contributed by atoms with van der Waals surface area (Å²) in [4.78, 5) is 15.1. The minimum absolute atomic E-state index is 0.0367. The number of amides is 1. The van der Waals surface area contributed by atoms with Crippen LogP contribution in [0.15, 0.2) is 60.8 Å². The van der Waals surface area contributed by atoms with E-state index in [0.717, 1.165) is 43.6 Å². The first-order chi connectivity index (χ1) is 12.7. The van der Waals surface area contributed by atoms with Crippen LogP contribution in [0.2, 0.25) is 0 Å². The van der Waals surface area contributed by atoms with Gasteiger partial charge in [-0.1, -0.05) is 36.4 Å². The van der Waals surface area contributed by atoms with Crippen molar-refractivity contribution in [2.75, 3.05) is 13.1 Å². The minimum atomic E-state index is 0.0367. The standard InChI is InChI=1S/C22H25N3O/c1-24-12-9-18-7-8-19(15-21(18)24)22(26)23-20-10-13-25(14-11-20)16-17-5-3-2-4-6-17/h2-9,12,15,20H,10-11,13-14,16H2,1H3,(H,23,26). The molecule has 0 saturated carbocycles. The van der Waals surface area contributed by atoms with Crippen molar-refractivity contribution in [3.63, 3.8) is 0 Å². The van der Waals surface area contributed by atoms with Crippen LogP contribution in [0.5, 0.6) is 0 Å². The molecule has 1 aromatic heterocycles. The average molecular weight is 347 g/mol. The molecule has 0 unspecified atom stereocenters. The molecule has 1 saturated heterocycles. The number of carbonyl (C=O) groups excluding carboxylic acids is 1. The number of benzene rings is 2. The second-order valence-corrected chi connectivity index (χ2v) is 7.21. The lowest BCUT2D eigenvalue weighted by Crippen LogP contribution is -2.44. The lowest BCUT2D eigenvalue weighted by Gasteiger charge is -2.32. The van der Waals surface area contributed by atoms with Crippen molar-refractivity contribution in [3.05, 3.63) is 71.9 Å². The van der Waals surface area contributed by atoms with E-state index in [2.05, 4.69) is 46.6 Å². The van der Waals surface area contributed by atoms with Crippen LogP contribution in [0.1, 0.15) is 28.8 Å². The first-order valence-corrected chi connectivity index (χ1v) is 9.31. The number of hydrogen-bond acceptors (Lipinski definition) is 2. The maximum atomic E-state index is 12.6. The van der Waals surface area contributed by atoms with Gasteiger partial charge in [-0.15, -0.1) is 0 Å². The molecule has 4 rings (SSSR count). The Morgan fingerprint density at radius 1 is 1.08 bits per heavy atom. The van der Waals surface area contributed by atoms with Crippen molar-refractivity contribution < 1.29 is 4.79 Å². The van der Waals surface area contributed by atoms with Crippen LogP contribution in [-0.4, -0.2) is 34.5 Å². The quantitative estimate of drug-likeness (QED) is 0.783. The third-order valence-corrected chi connectivity index (χ3v) is 5.32. The van der Waals surface area contributed by atoms with Crippen LogP contribution in [0.4, 0.5) is 0 Å². The van der Waals surface area contributed by atoms with Crippen molar-refractivity contribution in [1.82, 2.24) is 14.8 Å². The van der Waals surface area contributed by atoms with E-state index in [4.69, 9.17) is 0 Å². The summed E-state index contributed by atoms with van der Waals surface area (Å²) in [5.41, 5.74) is 3.19. The molecule has 0 atom stereocenters. The van der Waals surface area contributed by atoms with E-state index < -0.39 is 0 Å². The fourth-order valence-corrected chi connectivity index (χ4v) is 3.75. The van der Waals surface area contributed by atoms with Gasteiger partial charge in [0.05, 0.1) is 0 Å². The third kappa shape index (κ3) is 3.65. The zero-order chi connectivity index (χ0) is 17.9. The highest BCUT2D eigenvalue weighted by Gasteiger charge is 2.21. The van der Waals surface area contributed by atoms with Crippen molar-refractivity contribution in [2.45, 2.75) is 25.4 Å². The van der Waals surface area contributed by atoms with Crippen molar-refractivity contribution in [2.24, 2.45) is 7.05 Å². The molecule has 1 fully saturated rings. The summed E-state index contributed by atoms with van der Waals surface area (Å²) < 4.78 is 2.05. The molecule has 2 aromatic carbocycles. The van der Waals surface area contributed by atoms with Gasteiger partial charge < -0.3 is 9.88 Å². The van der Waals surface area contributed by atoms with Crippen molar-refractivity contribution in [3.8, 4) is 0 Å². The zero-order valence-corrected chi connectivity index (χ0v) is 15.2. The second-order valence-electron chi connectivity index (χ2n) is 7.21. The Bertz CT molecular complexity index is 892. The molecule has 0 aliphatic carbocycles. The SMILES string of the molecule is Cn1ccc2ccc(C(=O)NC3CCN(Cc4ccccc4)CC3)cc21. The lowest BCUT2D eigenvalue weighted by molar-refractivity contribution is 0.0909. The van der Waals surface area contributed by atoms with E-state index in [1.165, 1.54) is 10.9 Å². The van der Waals surface area contributed by atoms with E-state index in [1.807, 2.05) is 36.0 Å². The number of aromatic nitrogens is 1. The molecule has 0 bridgehead atoms. The normalized spacial score (nSPS) is 16.0. The molecule has 4 nitrogen and oxygen atoms in total. The summed E-state index contributed by atoms with van der Waals surface area (Å²) in [6, 6.07) is 18.8. The average Bonchev–Trinajstić information content (AvgIpc) is 3.04. The molecule has 1 amide bonds. The predicted octanol–water partition coefficient (Wildman–Crippen LogP) is 3.57. The topological polar surface area (TPSA) is 37.3 Å². The van der Waals surface area contributed by atoms with E-state index in [0.29, 0.717) is 0 Å². The first kappa shape index (κ1) is 16.9. The van der Waals surface area contributed by atoms with Crippen LogP contribution in [0, 0.1) is 0 Å². The number of fused-ring (bicyclic) bond motifs is 1. The predicted molar refractivity (Wildman–Crippen MR) is 105 cm³/mol. The van der Waals surface area contributed by atoms with Gasteiger partial charge in [0.15, 0.2) is 0 Å². The van der Waals surface area contributed by atoms with Gasteiger partial charge in [-0.2, -0.15) is 0 Å². The number of aryl methyl sites for hydroxylation is 1. The largest absolute Gasteiger partial charge is 0.351 e. The Hall–Kier alpha value is -2.59. The van der Waals surface area contributed by atoms with Crippen LogP contribution in [0.3, 0.4) is 0 Å². The number of nitrogens with zero attached hydrogens (tertiary/aromatic N) is 2. The van der Waals surface area contributed by atoms with Gasteiger partial charge in [0, 0.05) is 50.0 Å². The molecule has 1 aliphatic rings. The Morgan fingerprint density at radius 2 is 1.85 bits per heavy atom. The molecule has 3 aromatic rings. The highest BCUT2D eigenvalue weighted by molar-refractivity contribution is 5.98. The Kier molecular flexibility index (Phi) is 4.76. The molecule has 0 radical (unpaired) electrons. The molecular weight excluding hydrogens is 322 g/mol. The van der Waals surface area contributed by atoms with Gasteiger partial charge in [0.2, 0.25) is 0 Å². The first-order valence-electron chi connectivity index (χ1n) is 9.31. The summed E-state index contributed by atoms with van der Waals surface area (Å²) >= 11 is 0. The number of carbonyl (C=O) groups is 1. The molecule has 134 valence electrons. The van der Waals surface area contributed by atoms with Crippen LogP contribution < -0.4 is 5.32 Å². The molecular formula is C22H25N3O. The molecule has 4 heteroatoms. The molecule has 1 aliphatic heterocycles. The van der Waals surface area contributed by atoms with Gasteiger partial charge >= 0.3 is 0 Å². The third-order valence-electron chi connectivity index (χ3n) is 5.32. The highest BCUT2D eigenvalue weighted by Crippen LogP contribution is 2.18. The van der Waals surface area contributed by atoms with Gasteiger partial charge in [-0.05, 0) is 42.0 Å². The van der Waals surface area contributed by atoms with Gasteiger partial charge in [0.1, 0.15) is 0 Å². The van der Waals surface area contributed by atoms with Gasteiger partial charge in [-0.3, -0.25) is 9.69 Å². The summed E-state index contributed by atoms with van der Waals surface area (Å²) in [5, 5.41) is 4.39. The maximum Gasteiger partial charge on any atom is 0.251 e. The van der Waals surface area contributed by atoms with Crippen LogP contribution in [-0.2, 0) is 13.6 Å². The highest BCUT2D eigenvalue weighted by atomic mass is 16.1. The lowest BCUT2D eigenvalue weighted by atomic mass is 10.0. The van der Waals surface area contributed by atoms with E-state index in [-0.39, 0.29) is 11.9 Å². The molecule has 26 heavy (non-hydrogen) atoms. The van der Waals surface area contributed by atoms with Gasteiger partial charge in [-0.25, -0.2) is 0 Å². The Labute approximate surface area is 154 Å². The van der Waals surface area contributed by atoms with Crippen molar-refractivity contribution in [1.29, 1.82) is 0 Å². The van der Waals surface area contributed by atoms with Gasteiger partial charge in [0.25, 0.3) is 5.91 Å². The number of rotatable bonds is 4. The van der Waals surface area contributed by atoms with Crippen LogP contribution >= 0.6 is 0 Å². The van der Waals surface area contributed by atoms with Crippen LogP contribution in [0.25, 0.3) is 10.9 Å². The van der Waals surface area contributed by atoms with Crippen molar-refractivity contribution >= 4 is 16.8 Å². The zero-order valence-electron chi connectivity index (χ0n) is 15.2. The summed E-state index contributed by atoms with van der Waals surface area (Å²) in [7, 11) is 2.01. The smallest absolute Gasteiger partial charge is 0.251 e. The Morgan fingerprint density at radius 3 is 2.62 bits per heavy atom. The maximum absolute atomic E-state index is 12.6. The molecule has 1 N–H and O–H groups in total.